The summed E-state index contributed by atoms with van der Waals surface area (Å²) in [5.74, 6) is 1.55. The van der Waals surface area contributed by atoms with Gasteiger partial charge in [-0.25, -0.2) is 8.78 Å². The van der Waals surface area contributed by atoms with Gasteiger partial charge in [-0.2, -0.15) is 0 Å². The average Bonchev–Trinajstić information content (AvgIpc) is 2.78. The second-order valence-electron chi connectivity index (χ2n) is 8.19. The van der Waals surface area contributed by atoms with E-state index in [1.165, 1.54) is 36.4 Å². The summed E-state index contributed by atoms with van der Waals surface area (Å²) in [6.07, 6.45) is 5.85. The second kappa shape index (κ2) is 18.8. The van der Waals surface area contributed by atoms with Crippen LogP contribution in [0.5, 0.6) is 0 Å². The molecular formula is C28H42F2N4S. The Hall–Kier alpha value is -2.53. The molecule has 4 nitrogen and oxygen atoms in total. The SMILES string of the molecule is C#CC.C=C(c1c(F)cccc1F)C(SCNc1ccc(NCCN(C)C)cc1)C(C)N.CCC. The number of benzene rings is 2. The van der Waals surface area contributed by atoms with E-state index in [-0.39, 0.29) is 16.9 Å². The Bertz CT molecular complexity index is 873. The van der Waals surface area contributed by atoms with Crippen molar-refractivity contribution in [1.82, 2.24) is 4.90 Å². The monoisotopic (exact) mass is 504 g/mol. The van der Waals surface area contributed by atoms with Gasteiger partial charge in [-0.1, -0.05) is 32.9 Å². The van der Waals surface area contributed by atoms with Crippen molar-refractivity contribution in [1.29, 1.82) is 0 Å². The van der Waals surface area contributed by atoms with E-state index in [0.29, 0.717) is 11.4 Å². The van der Waals surface area contributed by atoms with Gasteiger partial charge in [-0.15, -0.1) is 24.1 Å². The van der Waals surface area contributed by atoms with Crippen LogP contribution in [0.1, 0.15) is 39.7 Å². The van der Waals surface area contributed by atoms with E-state index in [2.05, 4.69) is 48.3 Å². The van der Waals surface area contributed by atoms with Crippen LogP contribution >= 0.6 is 11.8 Å². The maximum atomic E-state index is 14.1. The number of thioether (sulfide) groups is 1. The lowest BCUT2D eigenvalue weighted by Gasteiger charge is -2.24. The minimum Gasteiger partial charge on any atom is -0.384 e. The molecule has 0 heterocycles. The molecule has 0 saturated carbocycles. The molecular weight excluding hydrogens is 462 g/mol. The quantitative estimate of drug-likeness (QED) is 0.240. The molecule has 0 aliphatic carbocycles. The largest absolute Gasteiger partial charge is 0.384 e. The minimum absolute atomic E-state index is 0.0875. The molecule has 0 aliphatic rings. The molecule has 0 aliphatic heterocycles. The van der Waals surface area contributed by atoms with Crippen molar-refractivity contribution in [3.8, 4) is 12.3 Å². The maximum Gasteiger partial charge on any atom is 0.133 e. The zero-order chi connectivity index (χ0) is 26.8. The highest BCUT2D eigenvalue weighted by atomic mass is 32.2. The standard InChI is InChI=1S/C22H30F2N4S.C3H8.C3H4/c1-15(21-19(23)6-5-7-20(21)24)22(16(2)25)29-14-27-18-10-8-17(9-11-18)26-12-13-28(3)4;2*1-3-2/h5-11,16,22,26-27H,1,12-14,25H2,2-4H3;3H2,1-2H3;1H,2H3. The van der Waals surface area contributed by atoms with E-state index in [9.17, 15) is 8.78 Å². The summed E-state index contributed by atoms with van der Waals surface area (Å²) in [5.41, 5.74) is 8.37. The van der Waals surface area contributed by atoms with E-state index < -0.39 is 11.6 Å². The molecule has 0 saturated heterocycles. The summed E-state index contributed by atoms with van der Waals surface area (Å²) < 4.78 is 28.2. The van der Waals surface area contributed by atoms with Gasteiger partial charge in [-0.05, 0) is 69.9 Å². The summed E-state index contributed by atoms with van der Waals surface area (Å²) in [6.45, 7) is 13.5. The normalized spacial score (nSPS) is 11.7. The van der Waals surface area contributed by atoms with Crippen molar-refractivity contribution >= 4 is 28.7 Å². The van der Waals surface area contributed by atoms with E-state index in [1.54, 1.807) is 6.92 Å². The molecule has 2 unspecified atom stereocenters. The summed E-state index contributed by atoms with van der Waals surface area (Å²) >= 11 is 1.48. The highest BCUT2D eigenvalue weighted by Crippen LogP contribution is 2.31. The van der Waals surface area contributed by atoms with Gasteiger partial charge in [0.05, 0.1) is 5.88 Å². The van der Waals surface area contributed by atoms with Crippen LogP contribution in [0.15, 0.2) is 49.0 Å². The van der Waals surface area contributed by atoms with Gasteiger partial charge >= 0.3 is 0 Å². The molecule has 0 bridgehead atoms. The number of nitrogens with two attached hydrogens (primary N) is 1. The fraction of sp³-hybridized carbons (Fsp3) is 0.429. The van der Waals surface area contributed by atoms with Crippen molar-refractivity contribution in [2.45, 2.75) is 45.4 Å². The number of nitrogens with zero attached hydrogens (tertiary/aromatic N) is 1. The number of hydrogen-bond acceptors (Lipinski definition) is 5. The molecule has 2 atom stereocenters. The Balaban J connectivity index is 0.00000174. The Morgan fingerprint density at radius 2 is 1.54 bits per heavy atom. The van der Waals surface area contributed by atoms with Crippen LogP contribution in [-0.4, -0.2) is 49.3 Å². The molecule has 0 radical (unpaired) electrons. The number of terminal acetylenes is 1. The number of halogens is 2. The third kappa shape index (κ3) is 13.2. The van der Waals surface area contributed by atoms with Gasteiger partial charge in [-0.3, -0.25) is 0 Å². The van der Waals surface area contributed by atoms with Crippen molar-refractivity contribution in [2.75, 3.05) is 43.7 Å². The number of anilines is 2. The third-order valence-corrected chi connectivity index (χ3v) is 5.80. The molecule has 2 aromatic carbocycles. The molecule has 7 heteroatoms. The topological polar surface area (TPSA) is 53.3 Å². The lowest BCUT2D eigenvalue weighted by Crippen LogP contribution is -2.31. The first-order valence-corrected chi connectivity index (χ1v) is 12.8. The van der Waals surface area contributed by atoms with Crippen LogP contribution in [0, 0.1) is 24.0 Å². The lowest BCUT2D eigenvalue weighted by atomic mass is 9.99. The predicted molar refractivity (Wildman–Crippen MR) is 153 cm³/mol. The van der Waals surface area contributed by atoms with Crippen molar-refractivity contribution in [3.05, 3.63) is 66.2 Å². The van der Waals surface area contributed by atoms with Crippen LogP contribution in [0.25, 0.3) is 5.57 Å². The zero-order valence-corrected chi connectivity index (χ0v) is 22.8. The maximum absolute atomic E-state index is 14.1. The van der Waals surface area contributed by atoms with Gasteiger partial charge < -0.3 is 21.3 Å². The van der Waals surface area contributed by atoms with Gasteiger partial charge in [0.2, 0.25) is 0 Å². The number of rotatable bonds is 11. The Morgan fingerprint density at radius 1 is 1.09 bits per heavy atom. The molecule has 0 fully saturated rings. The predicted octanol–water partition coefficient (Wildman–Crippen LogP) is 6.53. The Labute approximate surface area is 215 Å². The molecule has 2 aromatic rings. The van der Waals surface area contributed by atoms with Gasteiger partial charge in [0.25, 0.3) is 0 Å². The summed E-state index contributed by atoms with van der Waals surface area (Å²) in [7, 11) is 4.08. The van der Waals surface area contributed by atoms with E-state index in [0.717, 1.165) is 24.5 Å². The fourth-order valence-electron chi connectivity index (χ4n) is 2.86. The average molecular weight is 505 g/mol. The van der Waals surface area contributed by atoms with Gasteiger partial charge in [0, 0.05) is 41.3 Å². The number of nitrogens with one attached hydrogen (secondary N) is 2. The first-order valence-electron chi connectivity index (χ1n) is 11.7. The van der Waals surface area contributed by atoms with E-state index in [4.69, 9.17) is 5.73 Å². The smallest absolute Gasteiger partial charge is 0.133 e. The van der Waals surface area contributed by atoms with Gasteiger partial charge in [0.15, 0.2) is 0 Å². The zero-order valence-electron chi connectivity index (χ0n) is 22.0. The van der Waals surface area contributed by atoms with Crippen LogP contribution in [0.3, 0.4) is 0 Å². The molecule has 194 valence electrons. The van der Waals surface area contributed by atoms with Crippen LogP contribution in [0.2, 0.25) is 0 Å². The first-order chi connectivity index (χ1) is 16.6. The minimum atomic E-state index is -0.619. The second-order valence-corrected chi connectivity index (χ2v) is 9.32. The Kier molecular flexibility index (Phi) is 17.4. The summed E-state index contributed by atoms with van der Waals surface area (Å²) in [6, 6.07) is 11.5. The summed E-state index contributed by atoms with van der Waals surface area (Å²) in [4.78, 5) is 2.12. The lowest BCUT2D eigenvalue weighted by molar-refractivity contribution is 0.425. The molecule has 0 aromatic heterocycles. The first kappa shape index (κ1) is 32.5. The number of likely N-dealkylation sites (N-methyl/N-ethyl adjacent to an activating group) is 1. The highest BCUT2D eigenvalue weighted by molar-refractivity contribution is 8.00. The van der Waals surface area contributed by atoms with Crippen LogP contribution in [0.4, 0.5) is 20.2 Å². The number of hydrogen-bond donors (Lipinski definition) is 3. The third-order valence-electron chi connectivity index (χ3n) is 4.42. The van der Waals surface area contributed by atoms with Crippen molar-refractivity contribution in [2.24, 2.45) is 5.73 Å². The highest BCUT2D eigenvalue weighted by Gasteiger charge is 2.23. The fourth-order valence-corrected chi connectivity index (χ4v) is 3.91. The molecule has 2 rings (SSSR count). The van der Waals surface area contributed by atoms with Crippen molar-refractivity contribution in [3.63, 3.8) is 0 Å². The molecule has 0 spiro atoms. The molecule has 0 amide bonds. The van der Waals surface area contributed by atoms with Crippen LogP contribution < -0.4 is 16.4 Å². The van der Waals surface area contributed by atoms with E-state index in [1.807, 2.05) is 45.3 Å². The van der Waals surface area contributed by atoms with Gasteiger partial charge in [0.1, 0.15) is 11.6 Å². The summed E-state index contributed by atoms with van der Waals surface area (Å²) in [5, 5.41) is 6.35. The van der Waals surface area contributed by atoms with Crippen molar-refractivity contribution < 1.29 is 8.78 Å². The Morgan fingerprint density at radius 3 is 1.97 bits per heavy atom. The van der Waals surface area contributed by atoms with Crippen LogP contribution in [-0.2, 0) is 0 Å². The molecule has 35 heavy (non-hydrogen) atoms. The van der Waals surface area contributed by atoms with E-state index >= 15 is 0 Å². The molecule has 4 N–H and O–H groups in total.